The molecule has 0 fully saturated rings. The maximum atomic E-state index is 12.4. The number of hydrogen-bond acceptors (Lipinski definition) is 8. The number of phenolic OH excluding ortho intramolecular Hbond substituents is 8. The smallest absolute Gasteiger partial charge is 0.123 e. The molecule has 8 bridgehead atoms. The van der Waals surface area contributed by atoms with Crippen LogP contribution in [0, 0.1) is 83.1 Å². The minimum atomic E-state index is -0.927. The summed E-state index contributed by atoms with van der Waals surface area (Å²) in [5.74, 6) is -5.76. The highest BCUT2D eigenvalue weighted by Crippen LogP contribution is 2.55. The minimum Gasteiger partial charge on any atom is -0.507 e. The first kappa shape index (κ1) is 49.2. The van der Waals surface area contributed by atoms with Crippen LogP contribution in [0.5, 0.6) is 46.0 Å². The zero-order valence-electron chi connectivity index (χ0n) is 43.1. The van der Waals surface area contributed by atoms with E-state index in [0.717, 1.165) is 89.0 Å². The Kier molecular flexibility index (Phi) is 12.3. The van der Waals surface area contributed by atoms with Crippen molar-refractivity contribution in [2.24, 2.45) is 0 Å². The van der Waals surface area contributed by atoms with E-state index in [1.807, 2.05) is 107 Å². The zero-order valence-corrected chi connectivity index (χ0v) is 43.1. The van der Waals surface area contributed by atoms with Crippen molar-refractivity contribution in [3.8, 4) is 46.0 Å². The summed E-state index contributed by atoms with van der Waals surface area (Å²) in [6, 6.07) is 28.6. The number of hydrogen-bond donors (Lipinski definition) is 8. The lowest BCUT2D eigenvalue weighted by Gasteiger charge is -2.31. The first-order chi connectivity index (χ1) is 33.9. The molecule has 8 N–H and O–H groups in total. The van der Waals surface area contributed by atoms with Crippen LogP contribution in [0.3, 0.4) is 0 Å². The van der Waals surface area contributed by atoms with Gasteiger partial charge in [0, 0.05) is 92.4 Å². The largest absolute Gasteiger partial charge is 0.507 e. The van der Waals surface area contributed by atoms with Crippen LogP contribution in [-0.4, -0.2) is 40.9 Å². The third kappa shape index (κ3) is 8.22. The standard InChI is InChI=1S/C64H64O8/c1-29-13-37(9)41(17-33(29)5)61-45-21-47(55(67)25-53(45)65)62(42-18-34(6)30(2)14-38(42)10)49-23-51(59(71)27-57(49)69)64(44-20-36(8)32(4)16-40(44)12)52-24-50(58(70)28-60(52)72)63(43-19-35(7)31(3)15-39(43)11)48-22-46(61)54(66)26-56(48)68/h13-28,61-72H,1-12H3/t61-,62+,63?,64?. The van der Waals surface area contributed by atoms with Crippen LogP contribution >= 0.6 is 0 Å². The normalized spacial score (nSPS) is 16.5. The van der Waals surface area contributed by atoms with Crippen molar-refractivity contribution < 1.29 is 40.9 Å². The Morgan fingerprint density at radius 2 is 0.306 bits per heavy atom. The lowest BCUT2D eigenvalue weighted by Crippen LogP contribution is -2.15. The lowest BCUT2D eigenvalue weighted by atomic mass is 9.73. The Bertz CT molecular complexity index is 2990. The van der Waals surface area contributed by atoms with Crippen LogP contribution in [0.4, 0.5) is 0 Å². The quantitative estimate of drug-likeness (QED) is 0.0865. The molecule has 8 aromatic carbocycles. The summed E-state index contributed by atoms with van der Waals surface area (Å²) in [5.41, 5.74) is 17.0. The first-order valence-electron chi connectivity index (χ1n) is 24.5. The number of aromatic hydroxyl groups is 8. The van der Waals surface area contributed by atoms with Gasteiger partial charge in [0.2, 0.25) is 0 Å². The monoisotopic (exact) mass is 960 g/mol. The molecule has 0 aliphatic heterocycles. The van der Waals surface area contributed by atoms with Gasteiger partial charge in [-0.1, -0.05) is 48.5 Å². The molecule has 1 aliphatic rings. The first-order valence-corrected chi connectivity index (χ1v) is 24.5. The molecule has 0 spiro atoms. The SMILES string of the molecule is Cc1cc(C)c(C2c3cc(c(O)cc3O)C(c3cc(C)c(C)cc3C)c3cc(c(O)cc3O)[C@H](c3cc(C)c(C)cc3C)c3cc(c(O)cc3O)[C@H](c3cc(C)c(C)cc3C)c3cc2c(O)cc3O)cc1C. The molecule has 72 heavy (non-hydrogen) atoms. The number of benzene rings is 8. The van der Waals surface area contributed by atoms with E-state index in [1.54, 1.807) is 24.3 Å². The number of fused-ring (bicyclic) bond motifs is 8. The second-order valence-corrected chi connectivity index (χ2v) is 20.8. The van der Waals surface area contributed by atoms with Crippen LogP contribution in [0.25, 0.3) is 0 Å². The van der Waals surface area contributed by atoms with Crippen molar-refractivity contribution in [2.45, 2.75) is 107 Å². The molecule has 1 aliphatic carbocycles. The zero-order chi connectivity index (χ0) is 52.1. The van der Waals surface area contributed by atoms with Gasteiger partial charge in [-0.05, 0) is 196 Å². The van der Waals surface area contributed by atoms with E-state index in [-0.39, 0.29) is 46.0 Å². The molecule has 8 heteroatoms. The fourth-order valence-corrected chi connectivity index (χ4v) is 11.5. The van der Waals surface area contributed by atoms with E-state index < -0.39 is 23.7 Å². The van der Waals surface area contributed by atoms with Gasteiger partial charge >= 0.3 is 0 Å². The second-order valence-electron chi connectivity index (χ2n) is 20.8. The molecule has 0 heterocycles. The van der Waals surface area contributed by atoms with Crippen LogP contribution in [0.2, 0.25) is 0 Å². The summed E-state index contributed by atoms with van der Waals surface area (Å²) in [6.45, 7) is 24.0. The maximum Gasteiger partial charge on any atom is 0.123 e. The van der Waals surface area contributed by atoms with Gasteiger partial charge in [0.25, 0.3) is 0 Å². The molecule has 0 amide bonds. The molecule has 0 unspecified atom stereocenters. The molecule has 0 atom stereocenters. The van der Waals surface area contributed by atoms with Gasteiger partial charge in [-0.2, -0.15) is 0 Å². The average Bonchev–Trinajstić information content (AvgIpc) is 3.29. The summed E-state index contributed by atoms with van der Waals surface area (Å²) >= 11 is 0. The molecule has 9 rings (SSSR count). The predicted molar refractivity (Wildman–Crippen MR) is 285 cm³/mol. The van der Waals surface area contributed by atoms with Gasteiger partial charge in [-0.3, -0.25) is 0 Å². The molecular formula is C64H64O8. The number of rotatable bonds is 4. The fraction of sp³-hybridized carbons (Fsp3) is 0.250. The number of phenols is 8. The van der Waals surface area contributed by atoms with Crippen LogP contribution < -0.4 is 0 Å². The molecule has 8 aromatic rings. The topological polar surface area (TPSA) is 162 Å². The van der Waals surface area contributed by atoms with E-state index >= 15 is 0 Å². The van der Waals surface area contributed by atoms with E-state index in [2.05, 4.69) is 24.3 Å². The Labute approximate surface area is 422 Å². The molecule has 368 valence electrons. The highest BCUT2D eigenvalue weighted by Gasteiger charge is 2.37. The molecule has 0 aromatic heterocycles. The highest BCUT2D eigenvalue weighted by molar-refractivity contribution is 5.69. The van der Waals surface area contributed by atoms with Gasteiger partial charge in [0.1, 0.15) is 46.0 Å². The van der Waals surface area contributed by atoms with E-state index in [9.17, 15) is 40.9 Å². The maximum absolute atomic E-state index is 12.4. The predicted octanol–water partition coefficient (Wildman–Crippen LogP) is 14.1. The van der Waals surface area contributed by atoms with E-state index in [0.29, 0.717) is 44.5 Å². The number of aryl methyl sites for hydroxylation is 12. The van der Waals surface area contributed by atoms with Gasteiger partial charge in [-0.15, -0.1) is 0 Å². The summed E-state index contributed by atoms with van der Waals surface area (Å²) in [7, 11) is 0. The third-order valence-electron chi connectivity index (χ3n) is 16.0. The van der Waals surface area contributed by atoms with Crippen molar-refractivity contribution in [3.05, 3.63) is 231 Å². The van der Waals surface area contributed by atoms with Crippen LogP contribution in [-0.2, 0) is 0 Å². The van der Waals surface area contributed by atoms with Crippen LogP contribution in [0.1, 0.15) is 157 Å². The summed E-state index contributed by atoms with van der Waals surface area (Å²) in [5, 5.41) is 98.9. The molecule has 0 saturated carbocycles. The Balaban J connectivity index is 1.54. The van der Waals surface area contributed by atoms with E-state index in [4.69, 9.17) is 0 Å². The van der Waals surface area contributed by atoms with Gasteiger partial charge < -0.3 is 40.9 Å². The summed E-state index contributed by atoms with van der Waals surface area (Å²) < 4.78 is 0. The van der Waals surface area contributed by atoms with Crippen molar-refractivity contribution in [3.63, 3.8) is 0 Å². The molecule has 0 saturated heterocycles. The summed E-state index contributed by atoms with van der Waals surface area (Å²) in [4.78, 5) is 0. The molecular weight excluding hydrogens is 897 g/mol. The average molecular weight is 961 g/mol. The minimum absolute atomic E-state index is 0.257. The lowest BCUT2D eigenvalue weighted by molar-refractivity contribution is 0.431. The highest BCUT2D eigenvalue weighted by atomic mass is 16.3. The Morgan fingerprint density at radius 1 is 0.167 bits per heavy atom. The summed E-state index contributed by atoms with van der Waals surface area (Å²) in [6.07, 6.45) is 0. The van der Waals surface area contributed by atoms with Gasteiger partial charge in [0.15, 0.2) is 0 Å². The second kappa shape index (κ2) is 18.1. The van der Waals surface area contributed by atoms with Crippen LogP contribution in [0.15, 0.2) is 97.1 Å². The Hall–Kier alpha value is -7.84. The van der Waals surface area contributed by atoms with Gasteiger partial charge in [-0.25, -0.2) is 0 Å². The van der Waals surface area contributed by atoms with Crippen molar-refractivity contribution in [1.29, 1.82) is 0 Å². The van der Waals surface area contributed by atoms with E-state index in [1.165, 1.54) is 24.3 Å². The van der Waals surface area contributed by atoms with Gasteiger partial charge in [0.05, 0.1) is 0 Å². The molecule has 0 radical (unpaired) electrons. The van der Waals surface area contributed by atoms with Crippen molar-refractivity contribution in [1.82, 2.24) is 0 Å². The molecule has 8 nitrogen and oxygen atoms in total. The third-order valence-corrected chi connectivity index (χ3v) is 16.0. The fourth-order valence-electron chi connectivity index (χ4n) is 11.5. The van der Waals surface area contributed by atoms with Crippen molar-refractivity contribution in [2.75, 3.05) is 0 Å². The Morgan fingerprint density at radius 3 is 0.458 bits per heavy atom. The van der Waals surface area contributed by atoms with Crippen molar-refractivity contribution >= 4 is 0 Å².